The predicted molar refractivity (Wildman–Crippen MR) is 100 cm³/mol. The maximum absolute atomic E-state index is 12.9. The second kappa shape index (κ2) is 8.90. The first-order valence-electron chi connectivity index (χ1n) is 8.72. The molecule has 1 aromatic carbocycles. The van der Waals surface area contributed by atoms with Crippen LogP contribution in [0.1, 0.15) is 28.8 Å². The molecule has 0 bridgehead atoms. The molecule has 8 heteroatoms. The molecule has 1 amide bonds. The van der Waals surface area contributed by atoms with Gasteiger partial charge in [-0.25, -0.2) is 9.37 Å². The Hall–Kier alpha value is -3.55. The normalized spacial score (nSPS) is 10.5. The molecule has 1 N–H and O–H groups in total. The molecule has 0 spiro atoms. The van der Waals surface area contributed by atoms with Crippen molar-refractivity contribution in [1.29, 1.82) is 0 Å². The van der Waals surface area contributed by atoms with Crippen LogP contribution in [0.3, 0.4) is 0 Å². The highest BCUT2D eigenvalue weighted by Gasteiger charge is 2.19. The number of halogens is 1. The lowest BCUT2D eigenvalue weighted by atomic mass is 10.2. The van der Waals surface area contributed by atoms with Crippen molar-refractivity contribution >= 4 is 5.91 Å². The molecule has 0 radical (unpaired) electrons. The van der Waals surface area contributed by atoms with E-state index in [0.29, 0.717) is 18.8 Å². The molecule has 28 heavy (non-hydrogen) atoms. The highest BCUT2D eigenvalue weighted by Crippen LogP contribution is 2.12. The lowest BCUT2D eigenvalue weighted by molar-refractivity contribution is 0.0748. The largest absolute Gasteiger partial charge is 0.486 e. The van der Waals surface area contributed by atoms with Gasteiger partial charge in [-0.15, -0.1) is 0 Å². The van der Waals surface area contributed by atoms with E-state index in [1.54, 1.807) is 12.3 Å². The van der Waals surface area contributed by atoms with Crippen LogP contribution < -0.4 is 10.3 Å². The number of aromatic amines is 1. The van der Waals surface area contributed by atoms with E-state index in [-0.39, 0.29) is 23.8 Å². The summed E-state index contributed by atoms with van der Waals surface area (Å²) in [6.45, 7) is 2.53. The number of benzene rings is 1. The van der Waals surface area contributed by atoms with Crippen LogP contribution in [0, 0.1) is 5.82 Å². The SMILES string of the molecule is CCN(Cc1ccccn1)C(=O)c1cnc(COc2ccc(F)cc2)[nH]c1=O. The van der Waals surface area contributed by atoms with Crippen LogP contribution in [0.4, 0.5) is 4.39 Å². The molecule has 0 saturated carbocycles. The molecule has 0 aliphatic rings. The van der Waals surface area contributed by atoms with E-state index in [9.17, 15) is 14.0 Å². The molecular weight excluding hydrogens is 363 g/mol. The fourth-order valence-electron chi connectivity index (χ4n) is 2.52. The van der Waals surface area contributed by atoms with E-state index in [1.165, 1.54) is 35.4 Å². The maximum atomic E-state index is 12.9. The van der Waals surface area contributed by atoms with Gasteiger partial charge < -0.3 is 14.6 Å². The number of carbonyl (C=O) groups excluding carboxylic acids is 1. The first-order valence-corrected chi connectivity index (χ1v) is 8.72. The molecule has 2 heterocycles. The second-order valence-corrected chi connectivity index (χ2v) is 5.96. The molecule has 0 aliphatic carbocycles. The van der Waals surface area contributed by atoms with Crippen molar-refractivity contribution < 1.29 is 13.9 Å². The average Bonchev–Trinajstić information content (AvgIpc) is 2.72. The van der Waals surface area contributed by atoms with Crippen molar-refractivity contribution in [3.63, 3.8) is 0 Å². The monoisotopic (exact) mass is 382 g/mol. The molecule has 0 fully saturated rings. The highest BCUT2D eigenvalue weighted by atomic mass is 19.1. The summed E-state index contributed by atoms with van der Waals surface area (Å²) in [5.74, 6) is -0.0868. The molecule has 7 nitrogen and oxygen atoms in total. The van der Waals surface area contributed by atoms with Gasteiger partial charge in [0.1, 0.15) is 29.6 Å². The number of pyridine rings is 1. The standard InChI is InChI=1S/C20H19FN4O3/c1-2-25(12-15-5-3-4-10-22-15)20(27)17-11-23-18(24-19(17)26)13-28-16-8-6-14(21)7-9-16/h3-11H,2,12-13H2,1H3,(H,23,24,26). The minimum absolute atomic E-state index is 0.0131. The fraction of sp³-hybridized carbons (Fsp3) is 0.200. The number of aromatic nitrogens is 3. The van der Waals surface area contributed by atoms with Crippen LogP contribution in [-0.2, 0) is 13.2 Å². The van der Waals surface area contributed by atoms with Crippen molar-refractivity contribution in [3.8, 4) is 5.75 Å². The van der Waals surface area contributed by atoms with Gasteiger partial charge in [-0.3, -0.25) is 14.6 Å². The van der Waals surface area contributed by atoms with E-state index in [4.69, 9.17) is 4.74 Å². The summed E-state index contributed by atoms with van der Waals surface area (Å²) >= 11 is 0. The van der Waals surface area contributed by atoms with Gasteiger partial charge in [0.15, 0.2) is 0 Å². The third-order valence-electron chi connectivity index (χ3n) is 4.02. The summed E-state index contributed by atoms with van der Waals surface area (Å²) < 4.78 is 18.3. The number of nitrogens with one attached hydrogen (secondary N) is 1. The zero-order valence-electron chi connectivity index (χ0n) is 15.3. The zero-order valence-corrected chi connectivity index (χ0v) is 15.3. The van der Waals surface area contributed by atoms with Gasteiger partial charge in [0.05, 0.1) is 12.2 Å². The molecule has 2 aromatic heterocycles. The van der Waals surface area contributed by atoms with Crippen LogP contribution in [-0.4, -0.2) is 32.3 Å². The van der Waals surface area contributed by atoms with Crippen LogP contribution in [0.15, 0.2) is 59.7 Å². The van der Waals surface area contributed by atoms with Gasteiger partial charge in [-0.1, -0.05) is 6.07 Å². The zero-order chi connectivity index (χ0) is 19.9. The lowest BCUT2D eigenvalue weighted by Gasteiger charge is -2.20. The summed E-state index contributed by atoms with van der Waals surface area (Å²) in [6, 6.07) is 10.9. The minimum Gasteiger partial charge on any atom is -0.486 e. The molecule has 3 aromatic rings. The van der Waals surface area contributed by atoms with Gasteiger partial charge in [-0.05, 0) is 43.3 Å². The van der Waals surface area contributed by atoms with E-state index >= 15 is 0 Å². The number of hydrogen-bond donors (Lipinski definition) is 1. The number of amides is 1. The Morgan fingerprint density at radius 3 is 2.61 bits per heavy atom. The number of nitrogens with zero attached hydrogens (tertiary/aromatic N) is 3. The molecule has 0 aliphatic heterocycles. The Morgan fingerprint density at radius 1 is 1.18 bits per heavy atom. The Labute approximate surface area is 160 Å². The van der Waals surface area contributed by atoms with Crippen molar-refractivity contribution in [1.82, 2.24) is 19.9 Å². The molecule has 144 valence electrons. The summed E-state index contributed by atoms with van der Waals surface area (Å²) in [7, 11) is 0. The van der Waals surface area contributed by atoms with E-state index in [2.05, 4.69) is 15.0 Å². The highest BCUT2D eigenvalue weighted by molar-refractivity contribution is 5.93. The number of ether oxygens (including phenoxy) is 1. The van der Waals surface area contributed by atoms with Gasteiger partial charge in [0, 0.05) is 18.9 Å². The Morgan fingerprint density at radius 2 is 1.96 bits per heavy atom. The summed E-state index contributed by atoms with van der Waals surface area (Å²) in [6.07, 6.45) is 2.89. The van der Waals surface area contributed by atoms with Crippen LogP contribution >= 0.6 is 0 Å². The van der Waals surface area contributed by atoms with Crippen molar-refractivity contribution in [2.45, 2.75) is 20.1 Å². The lowest BCUT2D eigenvalue weighted by Crippen LogP contribution is -2.35. The summed E-state index contributed by atoms with van der Waals surface area (Å²) in [5, 5.41) is 0. The van der Waals surface area contributed by atoms with Crippen molar-refractivity contribution in [3.05, 3.63) is 88.1 Å². The van der Waals surface area contributed by atoms with Gasteiger partial charge >= 0.3 is 0 Å². The second-order valence-electron chi connectivity index (χ2n) is 5.96. The van der Waals surface area contributed by atoms with Gasteiger partial charge in [0.2, 0.25) is 0 Å². The third kappa shape index (κ3) is 4.79. The maximum Gasteiger partial charge on any atom is 0.263 e. The quantitative estimate of drug-likeness (QED) is 0.678. The summed E-state index contributed by atoms with van der Waals surface area (Å²) in [5.41, 5.74) is 0.131. The smallest absolute Gasteiger partial charge is 0.263 e. The van der Waals surface area contributed by atoms with E-state index in [1.807, 2.05) is 19.1 Å². The van der Waals surface area contributed by atoms with Crippen molar-refractivity contribution in [2.75, 3.05) is 6.54 Å². The Balaban J connectivity index is 1.69. The molecular formula is C20H19FN4O3. The molecule has 0 saturated heterocycles. The van der Waals surface area contributed by atoms with Crippen LogP contribution in [0.2, 0.25) is 0 Å². The van der Waals surface area contributed by atoms with Gasteiger partial charge in [0.25, 0.3) is 11.5 Å². The van der Waals surface area contributed by atoms with Crippen molar-refractivity contribution in [2.24, 2.45) is 0 Å². The topological polar surface area (TPSA) is 88.2 Å². The number of hydrogen-bond acceptors (Lipinski definition) is 5. The Bertz CT molecular complexity index is 990. The summed E-state index contributed by atoms with van der Waals surface area (Å²) in [4.78, 5) is 37.4. The fourth-order valence-corrected chi connectivity index (χ4v) is 2.52. The van der Waals surface area contributed by atoms with E-state index in [0.717, 1.165) is 5.69 Å². The van der Waals surface area contributed by atoms with Crippen LogP contribution in [0.5, 0.6) is 5.75 Å². The average molecular weight is 382 g/mol. The number of rotatable bonds is 7. The van der Waals surface area contributed by atoms with E-state index < -0.39 is 11.5 Å². The first-order chi connectivity index (χ1) is 13.6. The number of H-pyrrole nitrogens is 1. The third-order valence-corrected chi connectivity index (χ3v) is 4.02. The molecule has 0 atom stereocenters. The minimum atomic E-state index is -0.544. The molecule has 3 rings (SSSR count). The van der Waals surface area contributed by atoms with Gasteiger partial charge in [-0.2, -0.15) is 0 Å². The predicted octanol–water partition coefficient (Wildman–Crippen LogP) is 2.55. The first kappa shape index (κ1) is 19.2. The van der Waals surface area contributed by atoms with Crippen LogP contribution in [0.25, 0.3) is 0 Å². The Kier molecular flexibility index (Phi) is 6.11. The number of carbonyl (C=O) groups is 1. The molecule has 0 unspecified atom stereocenters.